The zero-order chi connectivity index (χ0) is 14.1. The van der Waals surface area contributed by atoms with Crippen LogP contribution in [0.15, 0.2) is 59.1 Å². The van der Waals surface area contributed by atoms with E-state index >= 15 is 0 Å². The third kappa shape index (κ3) is 2.49. The minimum absolute atomic E-state index is 0.793. The number of anilines is 3. The van der Waals surface area contributed by atoms with Gasteiger partial charge in [0, 0.05) is 15.8 Å². The second kappa shape index (κ2) is 5.17. The van der Waals surface area contributed by atoms with E-state index in [-0.39, 0.29) is 0 Å². The minimum atomic E-state index is 0.793. The maximum absolute atomic E-state index is 5.90. The molecule has 100 valence electrons. The number of hydrogen-bond acceptors (Lipinski definition) is 2. The van der Waals surface area contributed by atoms with Crippen LogP contribution in [0.5, 0.6) is 0 Å². The lowest BCUT2D eigenvalue weighted by Gasteiger charge is -2.12. The number of nitrogens with two attached hydrogens (primary N) is 1. The Hall–Kier alpha value is -2.00. The van der Waals surface area contributed by atoms with Crippen LogP contribution >= 0.6 is 15.9 Å². The van der Waals surface area contributed by atoms with Crippen molar-refractivity contribution in [2.45, 2.75) is 6.92 Å². The van der Waals surface area contributed by atoms with Crippen LogP contribution in [0, 0.1) is 6.92 Å². The molecule has 3 N–H and O–H groups in total. The maximum atomic E-state index is 5.90. The van der Waals surface area contributed by atoms with Crippen molar-refractivity contribution in [3.05, 3.63) is 64.6 Å². The summed E-state index contributed by atoms with van der Waals surface area (Å²) >= 11 is 3.55. The van der Waals surface area contributed by atoms with Gasteiger partial charge in [0.05, 0.1) is 5.69 Å². The third-order valence-electron chi connectivity index (χ3n) is 3.38. The van der Waals surface area contributed by atoms with Gasteiger partial charge in [-0.2, -0.15) is 0 Å². The molecular weight excluding hydrogens is 312 g/mol. The van der Waals surface area contributed by atoms with Crippen molar-refractivity contribution in [3.63, 3.8) is 0 Å². The molecule has 3 heteroatoms. The average molecular weight is 327 g/mol. The van der Waals surface area contributed by atoms with Gasteiger partial charge in [-0.25, -0.2) is 0 Å². The Morgan fingerprint density at radius 3 is 2.50 bits per heavy atom. The first-order valence-electron chi connectivity index (χ1n) is 6.45. The molecule has 0 atom stereocenters. The molecule has 20 heavy (non-hydrogen) atoms. The van der Waals surface area contributed by atoms with Gasteiger partial charge in [0.15, 0.2) is 0 Å². The van der Waals surface area contributed by atoms with Crippen LogP contribution in [0.1, 0.15) is 5.56 Å². The zero-order valence-corrected chi connectivity index (χ0v) is 12.7. The van der Waals surface area contributed by atoms with E-state index in [0.717, 1.165) is 27.1 Å². The van der Waals surface area contributed by atoms with E-state index in [1.165, 1.54) is 10.8 Å². The monoisotopic (exact) mass is 326 g/mol. The fraction of sp³-hybridized carbons (Fsp3) is 0.0588. The number of rotatable bonds is 2. The molecule has 0 radical (unpaired) electrons. The Bertz CT molecular complexity index is 781. The topological polar surface area (TPSA) is 38.0 Å². The van der Waals surface area contributed by atoms with Gasteiger partial charge < -0.3 is 11.1 Å². The van der Waals surface area contributed by atoms with Crippen molar-refractivity contribution >= 4 is 43.8 Å². The molecule has 2 nitrogen and oxygen atoms in total. The highest BCUT2D eigenvalue weighted by atomic mass is 79.9. The number of nitrogens with one attached hydrogen (secondary N) is 1. The summed E-state index contributed by atoms with van der Waals surface area (Å²) in [5.74, 6) is 0. The summed E-state index contributed by atoms with van der Waals surface area (Å²) in [4.78, 5) is 0. The Kier molecular flexibility index (Phi) is 3.36. The summed E-state index contributed by atoms with van der Waals surface area (Å²) in [5, 5.41) is 5.89. The molecule has 0 aromatic heterocycles. The first kappa shape index (κ1) is 13.0. The van der Waals surface area contributed by atoms with Crippen molar-refractivity contribution in [1.82, 2.24) is 0 Å². The summed E-state index contributed by atoms with van der Waals surface area (Å²) in [6, 6.07) is 18.7. The molecule has 3 rings (SSSR count). The summed E-state index contributed by atoms with van der Waals surface area (Å²) in [6.07, 6.45) is 0. The lowest BCUT2D eigenvalue weighted by molar-refractivity contribution is 1.43. The molecule has 0 spiro atoms. The van der Waals surface area contributed by atoms with Gasteiger partial charge in [-0.1, -0.05) is 30.3 Å². The van der Waals surface area contributed by atoms with Gasteiger partial charge in [0.2, 0.25) is 0 Å². The van der Waals surface area contributed by atoms with Crippen molar-refractivity contribution < 1.29 is 0 Å². The van der Waals surface area contributed by atoms with Crippen LogP contribution in [0.2, 0.25) is 0 Å². The summed E-state index contributed by atoms with van der Waals surface area (Å²) in [7, 11) is 0. The van der Waals surface area contributed by atoms with Crippen LogP contribution < -0.4 is 11.1 Å². The van der Waals surface area contributed by atoms with Crippen molar-refractivity contribution in [3.8, 4) is 0 Å². The van der Waals surface area contributed by atoms with Gasteiger partial charge in [0.1, 0.15) is 0 Å². The summed E-state index contributed by atoms with van der Waals surface area (Å²) in [5.41, 5.74) is 9.84. The van der Waals surface area contributed by atoms with E-state index in [0.29, 0.717) is 0 Å². The van der Waals surface area contributed by atoms with E-state index < -0.39 is 0 Å². The highest BCUT2D eigenvalue weighted by Crippen LogP contribution is 2.31. The molecule has 3 aromatic rings. The van der Waals surface area contributed by atoms with Crippen molar-refractivity contribution in [2.75, 3.05) is 11.1 Å². The standard InChI is InChI=1S/C17H15BrN2/c1-11-8-17(15(18)10-16(11)19)20-14-7-6-12-4-2-3-5-13(12)9-14/h2-10,20H,19H2,1H3. The first-order chi connectivity index (χ1) is 9.63. The van der Waals surface area contributed by atoms with Crippen LogP contribution in [0.3, 0.4) is 0 Å². The Labute approximate surface area is 126 Å². The molecule has 0 saturated heterocycles. The van der Waals surface area contributed by atoms with Gasteiger partial charge in [-0.05, 0) is 63.5 Å². The maximum Gasteiger partial charge on any atom is 0.0532 e. The number of halogens is 1. The van der Waals surface area contributed by atoms with Crippen LogP contribution in [0.25, 0.3) is 10.8 Å². The largest absolute Gasteiger partial charge is 0.398 e. The lowest BCUT2D eigenvalue weighted by Crippen LogP contribution is -1.95. The fourth-order valence-electron chi connectivity index (χ4n) is 2.22. The predicted molar refractivity (Wildman–Crippen MR) is 90.5 cm³/mol. The SMILES string of the molecule is Cc1cc(Nc2ccc3ccccc3c2)c(Br)cc1N. The van der Waals surface area contributed by atoms with E-state index in [1.807, 2.05) is 13.0 Å². The number of nitrogen functional groups attached to an aromatic ring is 1. The molecule has 0 unspecified atom stereocenters. The first-order valence-corrected chi connectivity index (χ1v) is 7.24. The molecular formula is C17H15BrN2. The number of benzene rings is 3. The van der Waals surface area contributed by atoms with Crippen molar-refractivity contribution in [2.24, 2.45) is 0 Å². The molecule has 0 aliphatic carbocycles. The fourth-order valence-corrected chi connectivity index (χ4v) is 2.68. The Balaban J connectivity index is 1.99. The van der Waals surface area contributed by atoms with Crippen LogP contribution in [-0.4, -0.2) is 0 Å². The second-order valence-electron chi connectivity index (χ2n) is 4.88. The molecule has 0 heterocycles. The van der Waals surface area contributed by atoms with E-state index in [9.17, 15) is 0 Å². The third-order valence-corrected chi connectivity index (χ3v) is 4.04. The number of fused-ring (bicyclic) bond motifs is 1. The number of hydrogen-bond donors (Lipinski definition) is 2. The summed E-state index contributed by atoms with van der Waals surface area (Å²) in [6.45, 7) is 2.01. The van der Waals surface area contributed by atoms with Gasteiger partial charge in [-0.3, -0.25) is 0 Å². The minimum Gasteiger partial charge on any atom is -0.398 e. The summed E-state index contributed by atoms with van der Waals surface area (Å²) < 4.78 is 0.966. The van der Waals surface area contributed by atoms with E-state index in [4.69, 9.17) is 5.73 Å². The number of aryl methyl sites for hydroxylation is 1. The lowest BCUT2D eigenvalue weighted by atomic mass is 10.1. The Morgan fingerprint density at radius 2 is 1.70 bits per heavy atom. The predicted octanol–water partition coefficient (Wildman–Crippen LogP) is 5.24. The normalized spacial score (nSPS) is 10.7. The molecule has 3 aromatic carbocycles. The van der Waals surface area contributed by atoms with E-state index in [2.05, 4.69) is 69.8 Å². The van der Waals surface area contributed by atoms with Crippen LogP contribution in [0.4, 0.5) is 17.1 Å². The van der Waals surface area contributed by atoms with Gasteiger partial charge in [-0.15, -0.1) is 0 Å². The molecule has 0 fully saturated rings. The average Bonchev–Trinajstić information content (AvgIpc) is 2.44. The molecule has 0 amide bonds. The van der Waals surface area contributed by atoms with Gasteiger partial charge >= 0.3 is 0 Å². The second-order valence-corrected chi connectivity index (χ2v) is 5.73. The van der Waals surface area contributed by atoms with Gasteiger partial charge in [0.25, 0.3) is 0 Å². The van der Waals surface area contributed by atoms with Crippen LogP contribution in [-0.2, 0) is 0 Å². The molecule has 0 saturated carbocycles. The highest BCUT2D eigenvalue weighted by molar-refractivity contribution is 9.10. The molecule has 0 aliphatic heterocycles. The smallest absolute Gasteiger partial charge is 0.0532 e. The van der Waals surface area contributed by atoms with E-state index in [1.54, 1.807) is 0 Å². The Morgan fingerprint density at radius 1 is 0.950 bits per heavy atom. The zero-order valence-electron chi connectivity index (χ0n) is 11.2. The molecule has 0 bridgehead atoms. The highest BCUT2D eigenvalue weighted by Gasteiger charge is 2.04. The quantitative estimate of drug-likeness (QED) is 0.632. The van der Waals surface area contributed by atoms with Crippen molar-refractivity contribution in [1.29, 1.82) is 0 Å². The molecule has 0 aliphatic rings.